The highest BCUT2D eigenvalue weighted by atomic mass is 19.1. The van der Waals surface area contributed by atoms with Gasteiger partial charge in [0.15, 0.2) is 6.17 Å². The third-order valence-electron chi connectivity index (χ3n) is 3.33. The van der Waals surface area contributed by atoms with Gasteiger partial charge in [-0.1, -0.05) is 0 Å². The Bertz CT molecular complexity index is 302. The number of ether oxygens (including phenoxy) is 1. The third-order valence-corrected chi connectivity index (χ3v) is 3.33. The van der Waals surface area contributed by atoms with Crippen molar-refractivity contribution in [3.05, 3.63) is 0 Å². The number of aliphatic hydroxyl groups excluding tert-OH is 3. The molecule has 4 N–H and O–H groups in total. The minimum absolute atomic E-state index is 0.295. The van der Waals surface area contributed by atoms with Gasteiger partial charge in [0.25, 0.3) is 0 Å². The molecule has 6 nitrogen and oxygen atoms in total. The van der Waals surface area contributed by atoms with E-state index in [1.165, 1.54) is 0 Å². The summed E-state index contributed by atoms with van der Waals surface area (Å²) >= 11 is 0. The molecule has 1 amide bonds. The first-order valence-corrected chi connectivity index (χ1v) is 5.61. The van der Waals surface area contributed by atoms with Gasteiger partial charge in [0.1, 0.15) is 24.5 Å². The van der Waals surface area contributed by atoms with Crippen molar-refractivity contribution in [1.82, 2.24) is 5.32 Å². The third kappa shape index (κ3) is 2.28. The van der Waals surface area contributed by atoms with Crippen molar-refractivity contribution in [2.75, 3.05) is 6.61 Å². The quantitative estimate of drug-likeness (QED) is 0.467. The van der Waals surface area contributed by atoms with Crippen molar-refractivity contribution in [3.8, 4) is 0 Å². The molecule has 0 spiro atoms. The van der Waals surface area contributed by atoms with E-state index in [1.54, 1.807) is 0 Å². The van der Waals surface area contributed by atoms with Gasteiger partial charge in [-0.25, -0.2) is 4.39 Å². The molecule has 0 aromatic heterocycles. The Hall–Kier alpha value is -0.760. The number of aliphatic hydroxyl groups is 3. The van der Waals surface area contributed by atoms with Gasteiger partial charge in [-0.2, -0.15) is 0 Å². The van der Waals surface area contributed by atoms with E-state index in [0.717, 1.165) is 0 Å². The minimum Gasteiger partial charge on any atom is -0.394 e. The number of piperidine rings is 1. The molecule has 2 aliphatic heterocycles. The summed E-state index contributed by atoms with van der Waals surface area (Å²) in [5, 5.41) is 29.8. The first-order valence-electron chi connectivity index (χ1n) is 5.61. The number of carbonyl (C=O) groups excluding carboxylic acids is 1. The molecule has 2 saturated heterocycles. The Balaban J connectivity index is 2.05. The van der Waals surface area contributed by atoms with Gasteiger partial charge in [0.2, 0.25) is 5.91 Å². The summed E-state index contributed by atoms with van der Waals surface area (Å²) in [6.07, 6.45) is -5.45. The molecule has 2 aliphatic rings. The summed E-state index contributed by atoms with van der Waals surface area (Å²) in [4.78, 5) is 11.6. The first kappa shape index (κ1) is 12.7. The monoisotopic (exact) mass is 249 g/mol. The number of hydrogen-bond donors (Lipinski definition) is 4. The Morgan fingerprint density at radius 2 is 2.12 bits per heavy atom. The van der Waals surface area contributed by atoms with Crippen LogP contribution in [0.5, 0.6) is 0 Å². The molecule has 0 radical (unpaired) electrons. The maximum absolute atomic E-state index is 13.7. The average molecular weight is 249 g/mol. The van der Waals surface area contributed by atoms with E-state index in [2.05, 4.69) is 5.32 Å². The van der Waals surface area contributed by atoms with Crippen molar-refractivity contribution < 1.29 is 29.2 Å². The molecule has 1 unspecified atom stereocenters. The zero-order chi connectivity index (χ0) is 12.6. The molecule has 98 valence electrons. The number of amides is 1. The van der Waals surface area contributed by atoms with Crippen LogP contribution < -0.4 is 5.32 Å². The summed E-state index contributed by atoms with van der Waals surface area (Å²) < 4.78 is 18.9. The van der Waals surface area contributed by atoms with Gasteiger partial charge in [0.05, 0.1) is 12.5 Å². The van der Waals surface area contributed by atoms with Crippen LogP contribution >= 0.6 is 0 Å². The predicted octanol–water partition coefficient (Wildman–Crippen LogP) is -1.71. The van der Waals surface area contributed by atoms with Crippen molar-refractivity contribution in [2.24, 2.45) is 5.92 Å². The Labute approximate surface area is 97.4 Å². The molecule has 2 rings (SSSR count). The van der Waals surface area contributed by atoms with Gasteiger partial charge in [-0.05, 0) is 12.8 Å². The smallest absolute Gasteiger partial charge is 0.227 e. The van der Waals surface area contributed by atoms with Crippen LogP contribution in [0.3, 0.4) is 0 Å². The fourth-order valence-electron chi connectivity index (χ4n) is 2.35. The van der Waals surface area contributed by atoms with Gasteiger partial charge in [-0.3, -0.25) is 4.79 Å². The van der Waals surface area contributed by atoms with E-state index in [0.29, 0.717) is 12.8 Å². The normalized spacial score (nSPS) is 46.9. The molecule has 0 saturated carbocycles. The molecule has 7 heteroatoms. The molecule has 0 bridgehead atoms. The number of rotatable bonds is 2. The maximum atomic E-state index is 13.7. The van der Waals surface area contributed by atoms with Crippen LogP contribution in [0.25, 0.3) is 0 Å². The predicted molar refractivity (Wildman–Crippen MR) is 53.5 cm³/mol. The van der Waals surface area contributed by atoms with Crippen LogP contribution in [0, 0.1) is 5.92 Å². The van der Waals surface area contributed by atoms with Crippen LogP contribution in [0.4, 0.5) is 4.39 Å². The van der Waals surface area contributed by atoms with Crippen molar-refractivity contribution >= 4 is 5.91 Å². The van der Waals surface area contributed by atoms with E-state index < -0.39 is 49.1 Å². The van der Waals surface area contributed by atoms with Gasteiger partial charge >= 0.3 is 0 Å². The van der Waals surface area contributed by atoms with E-state index in [9.17, 15) is 19.4 Å². The lowest BCUT2D eigenvalue weighted by atomic mass is 9.89. The molecule has 0 aromatic rings. The Kier molecular flexibility index (Phi) is 3.62. The van der Waals surface area contributed by atoms with Gasteiger partial charge < -0.3 is 25.4 Å². The number of halogens is 1. The molecular weight excluding hydrogens is 233 g/mol. The van der Waals surface area contributed by atoms with Crippen LogP contribution in [0.1, 0.15) is 12.8 Å². The molecule has 17 heavy (non-hydrogen) atoms. The number of nitrogens with one attached hydrogen (secondary N) is 1. The fraction of sp³-hybridized carbons (Fsp3) is 0.900. The van der Waals surface area contributed by atoms with E-state index in [4.69, 9.17) is 9.84 Å². The topological polar surface area (TPSA) is 99.0 Å². The van der Waals surface area contributed by atoms with Gasteiger partial charge in [-0.15, -0.1) is 0 Å². The minimum atomic E-state index is -1.70. The molecular formula is C10H16FNO5. The first-order chi connectivity index (χ1) is 8.04. The summed E-state index contributed by atoms with van der Waals surface area (Å²) in [7, 11) is 0. The zero-order valence-electron chi connectivity index (χ0n) is 9.12. The Morgan fingerprint density at radius 1 is 1.41 bits per heavy atom. The van der Waals surface area contributed by atoms with Crippen LogP contribution in [0.2, 0.25) is 0 Å². The van der Waals surface area contributed by atoms with E-state index in [1.807, 2.05) is 0 Å². The second-order valence-electron chi connectivity index (χ2n) is 4.46. The van der Waals surface area contributed by atoms with Crippen molar-refractivity contribution in [3.63, 3.8) is 0 Å². The summed E-state index contributed by atoms with van der Waals surface area (Å²) in [6, 6.07) is 0. The lowest BCUT2D eigenvalue weighted by molar-refractivity contribution is -0.139. The number of alkyl halides is 1. The second-order valence-corrected chi connectivity index (χ2v) is 4.46. The Morgan fingerprint density at radius 3 is 2.65 bits per heavy atom. The second kappa shape index (κ2) is 4.85. The zero-order valence-corrected chi connectivity index (χ0v) is 9.12. The SMILES string of the molecule is O=C1N[C@H](O)CCC1[C@@H]1O[C@H](CO)[C@@H](O)[C@@H]1F. The van der Waals surface area contributed by atoms with Crippen molar-refractivity contribution in [2.45, 2.75) is 43.6 Å². The molecule has 2 fully saturated rings. The number of carbonyl (C=O) groups is 1. The van der Waals surface area contributed by atoms with Crippen LogP contribution in [0.15, 0.2) is 0 Å². The highest BCUT2D eigenvalue weighted by Crippen LogP contribution is 2.32. The average Bonchev–Trinajstić information content (AvgIpc) is 2.57. The molecule has 2 heterocycles. The molecule has 0 aromatic carbocycles. The number of hydrogen-bond acceptors (Lipinski definition) is 5. The lowest BCUT2D eigenvalue weighted by Gasteiger charge is -2.30. The van der Waals surface area contributed by atoms with Crippen LogP contribution in [-0.4, -0.2) is 58.5 Å². The van der Waals surface area contributed by atoms with E-state index in [-0.39, 0.29) is 0 Å². The summed E-state index contributed by atoms with van der Waals surface area (Å²) in [5.41, 5.74) is 0. The summed E-state index contributed by atoms with van der Waals surface area (Å²) in [5.74, 6) is -1.22. The largest absolute Gasteiger partial charge is 0.394 e. The highest BCUT2D eigenvalue weighted by molar-refractivity contribution is 5.80. The van der Waals surface area contributed by atoms with E-state index >= 15 is 0 Å². The standard InChI is InChI=1S/C10H16FNO5/c11-7-8(15)5(3-13)17-9(7)4-1-2-6(14)12-10(4)16/h4-9,13-15H,1-3H2,(H,12,16)/t4?,5-,6-,7+,8-,9+/m1/s1. The fourth-order valence-corrected chi connectivity index (χ4v) is 2.35. The maximum Gasteiger partial charge on any atom is 0.227 e. The molecule has 6 atom stereocenters. The van der Waals surface area contributed by atoms with Gasteiger partial charge in [0, 0.05) is 0 Å². The van der Waals surface area contributed by atoms with Crippen molar-refractivity contribution in [1.29, 1.82) is 0 Å². The lowest BCUT2D eigenvalue weighted by Crippen LogP contribution is -2.49. The molecule has 0 aliphatic carbocycles. The van der Waals surface area contributed by atoms with Crippen LogP contribution in [-0.2, 0) is 9.53 Å². The highest BCUT2D eigenvalue weighted by Gasteiger charge is 2.50. The summed E-state index contributed by atoms with van der Waals surface area (Å²) in [6.45, 7) is -0.491.